The molecule has 1 amide bonds. The van der Waals surface area contributed by atoms with Crippen LogP contribution in [0.2, 0.25) is 0 Å². The number of para-hydroxylation sites is 2. The lowest BCUT2D eigenvalue weighted by molar-refractivity contribution is -0.113. The molecule has 0 aliphatic carbocycles. The normalized spacial score (nSPS) is 11.2. The van der Waals surface area contributed by atoms with Crippen LogP contribution in [0.1, 0.15) is 12.7 Å². The summed E-state index contributed by atoms with van der Waals surface area (Å²) in [4.78, 5) is 17.0. The molecule has 1 N–H and O–H groups in total. The molecule has 0 atom stereocenters. The second kappa shape index (κ2) is 7.66. The van der Waals surface area contributed by atoms with Crippen molar-refractivity contribution in [3.8, 4) is 0 Å². The number of aryl methyl sites for hydroxylation is 1. The molecule has 0 spiro atoms. The standard InChI is InChI=1S/C19H16BrN5OS/c1-2-16-23-24-18-19(22-14-8-3-4-9-15(14)25(16)18)27-11-17(26)21-13-7-5-6-12(20)10-13/h3-10H,2,11H2,1H3,(H,21,26). The molecule has 2 heterocycles. The van der Waals surface area contributed by atoms with Gasteiger partial charge in [0.15, 0.2) is 5.65 Å². The topological polar surface area (TPSA) is 72.2 Å². The van der Waals surface area contributed by atoms with Crippen molar-refractivity contribution in [1.82, 2.24) is 19.6 Å². The van der Waals surface area contributed by atoms with Gasteiger partial charge in [-0.25, -0.2) is 4.98 Å². The van der Waals surface area contributed by atoms with E-state index >= 15 is 0 Å². The Morgan fingerprint density at radius 1 is 1.19 bits per heavy atom. The van der Waals surface area contributed by atoms with Gasteiger partial charge in [-0.05, 0) is 30.3 Å². The maximum Gasteiger partial charge on any atom is 0.234 e. The van der Waals surface area contributed by atoms with Gasteiger partial charge in [0.2, 0.25) is 5.91 Å². The van der Waals surface area contributed by atoms with Crippen molar-refractivity contribution < 1.29 is 4.79 Å². The number of aromatic nitrogens is 4. The molecule has 2 aromatic heterocycles. The Balaban J connectivity index is 1.61. The summed E-state index contributed by atoms with van der Waals surface area (Å²) in [5.74, 6) is 1.02. The van der Waals surface area contributed by atoms with E-state index in [0.717, 1.165) is 33.4 Å². The van der Waals surface area contributed by atoms with Crippen LogP contribution >= 0.6 is 27.7 Å². The lowest BCUT2D eigenvalue weighted by Crippen LogP contribution is -2.14. The summed E-state index contributed by atoms with van der Waals surface area (Å²) in [7, 11) is 0. The molecular formula is C19H16BrN5OS. The molecule has 6 nitrogen and oxygen atoms in total. The first-order valence-corrected chi connectivity index (χ1v) is 10.2. The monoisotopic (exact) mass is 441 g/mol. The van der Waals surface area contributed by atoms with Gasteiger partial charge in [-0.3, -0.25) is 9.20 Å². The third-order valence-electron chi connectivity index (χ3n) is 4.03. The molecule has 0 saturated carbocycles. The Bertz CT molecular complexity index is 1140. The molecule has 4 rings (SSSR count). The van der Waals surface area contributed by atoms with Crippen LogP contribution < -0.4 is 5.32 Å². The molecule has 0 radical (unpaired) electrons. The Hall–Kier alpha value is -2.45. The Morgan fingerprint density at radius 3 is 2.85 bits per heavy atom. The van der Waals surface area contributed by atoms with Crippen molar-refractivity contribution in [2.45, 2.75) is 18.4 Å². The molecule has 0 aliphatic heterocycles. The molecule has 0 unspecified atom stereocenters. The van der Waals surface area contributed by atoms with Crippen molar-refractivity contribution >= 4 is 56.0 Å². The van der Waals surface area contributed by atoms with E-state index in [1.807, 2.05) is 59.9 Å². The first-order chi connectivity index (χ1) is 13.2. The second-order valence-corrected chi connectivity index (χ2v) is 7.76. The minimum atomic E-state index is -0.0959. The summed E-state index contributed by atoms with van der Waals surface area (Å²) in [5, 5.41) is 12.2. The number of amides is 1. The Morgan fingerprint density at radius 2 is 2.04 bits per heavy atom. The molecule has 136 valence electrons. The summed E-state index contributed by atoms with van der Waals surface area (Å²) in [6.07, 6.45) is 0.767. The minimum Gasteiger partial charge on any atom is -0.325 e. The number of carbonyl (C=O) groups excluding carboxylic acids is 1. The zero-order valence-electron chi connectivity index (χ0n) is 14.5. The first-order valence-electron chi connectivity index (χ1n) is 8.46. The highest BCUT2D eigenvalue weighted by atomic mass is 79.9. The van der Waals surface area contributed by atoms with Gasteiger partial charge < -0.3 is 5.32 Å². The van der Waals surface area contributed by atoms with Gasteiger partial charge in [0, 0.05) is 16.6 Å². The lowest BCUT2D eigenvalue weighted by Gasteiger charge is -2.08. The van der Waals surface area contributed by atoms with Crippen LogP contribution in [0.3, 0.4) is 0 Å². The molecule has 0 bridgehead atoms. The highest BCUT2D eigenvalue weighted by Crippen LogP contribution is 2.26. The van der Waals surface area contributed by atoms with Crippen LogP contribution in [0, 0.1) is 0 Å². The van der Waals surface area contributed by atoms with Crippen molar-refractivity contribution in [2.24, 2.45) is 0 Å². The molecule has 0 saturated heterocycles. The van der Waals surface area contributed by atoms with Crippen molar-refractivity contribution in [3.63, 3.8) is 0 Å². The Labute approximate surface area is 168 Å². The number of thioether (sulfide) groups is 1. The second-order valence-electron chi connectivity index (χ2n) is 5.88. The Kier molecular flexibility index (Phi) is 5.09. The zero-order valence-corrected chi connectivity index (χ0v) is 16.9. The number of hydrogen-bond acceptors (Lipinski definition) is 5. The SMILES string of the molecule is CCc1nnc2c(SCC(=O)Nc3cccc(Br)c3)nc3ccccc3n12. The van der Waals surface area contributed by atoms with Crippen LogP contribution in [-0.4, -0.2) is 31.2 Å². The predicted molar refractivity (Wildman–Crippen MR) is 111 cm³/mol. The fourth-order valence-electron chi connectivity index (χ4n) is 2.84. The van der Waals surface area contributed by atoms with Crippen LogP contribution in [0.4, 0.5) is 5.69 Å². The van der Waals surface area contributed by atoms with Gasteiger partial charge in [-0.1, -0.05) is 52.8 Å². The smallest absolute Gasteiger partial charge is 0.234 e. The van der Waals surface area contributed by atoms with E-state index in [0.29, 0.717) is 10.7 Å². The van der Waals surface area contributed by atoms with Gasteiger partial charge >= 0.3 is 0 Å². The number of carbonyl (C=O) groups is 1. The van der Waals surface area contributed by atoms with Gasteiger partial charge in [-0.15, -0.1) is 10.2 Å². The lowest BCUT2D eigenvalue weighted by atomic mass is 10.3. The van der Waals surface area contributed by atoms with Crippen LogP contribution in [0.5, 0.6) is 0 Å². The summed E-state index contributed by atoms with van der Waals surface area (Å²) in [5.41, 5.74) is 3.26. The van der Waals surface area contributed by atoms with Gasteiger partial charge in [-0.2, -0.15) is 0 Å². The predicted octanol–water partition coefficient (Wildman–Crippen LogP) is 4.33. The molecule has 0 fully saturated rings. The van der Waals surface area contributed by atoms with Crippen molar-refractivity contribution in [2.75, 3.05) is 11.1 Å². The summed E-state index contributed by atoms with van der Waals surface area (Å²) in [6, 6.07) is 15.4. The largest absolute Gasteiger partial charge is 0.325 e. The van der Waals surface area contributed by atoms with E-state index in [1.54, 1.807) is 0 Å². The van der Waals surface area contributed by atoms with E-state index in [-0.39, 0.29) is 11.7 Å². The molecule has 8 heteroatoms. The minimum absolute atomic E-state index is 0.0959. The first kappa shape index (κ1) is 17.9. The highest BCUT2D eigenvalue weighted by Gasteiger charge is 2.15. The van der Waals surface area contributed by atoms with E-state index in [9.17, 15) is 4.79 Å². The van der Waals surface area contributed by atoms with Gasteiger partial charge in [0.05, 0.1) is 16.8 Å². The maximum absolute atomic E-state index is 12.3. The molecule has 27 heavy (non-hydrogen) atoms. The number of halogens is 1. The van der Waals surface area contributed by atoms with E-state index < -0.39 is 0 Å². The fourth-order valence-corrected chi connectivity index (χ4v) is 4.00. The number of nitrogens with zero attached hydrogens (tertiary/aromatic N) is 4. The van der Waals surface area contributed by atoms with Crippen molar-refractivity contribution in [1.29, 1.82) is 0 Å². The van der Waals surface area contributed by atoms with E-state index in [4.69, 9.17) is 4.98 Å². The average molecular weight is 442 g/mol. The number of benzene rings is 2. The third kappa shape index (κ3) is 3.68. The van der Waals surface area contributed by atoms with E-state index in [2.05, 4.69) is 31.4 Å². The molecule has 0 aliphatic rings. The summed E-state index contributed by atoms with van der Waals surface area (Å²) in [6.45, 7) is 2.05. The zero-order chi connectivity index (χ0) is 18.8. The number of fused-ring (bicyclic) bond motifs is 3. The number of anilines is 1. The van der Waals surface area contributed by atoms with Crippen LogP contribution in [0.15, 0.2) is 58.0 Å². The van der Waals surface area contributed by atoms with Gasteiger partial charge in [0.1, 0.15) is 10.9 Å². The average Bonchev–Trinajstić information content (AvgIpc) is 3.11. The van der Waals surface area contributed by atoms with Gasteiger partial charge in [0.25, 0.3) is 0 Å². The van der Waals surface area contributed by atoms with Crippen molar-refractivity contribution in [3.05, 3.63) is 58.8 Å². The summed E-state index contributed by atoms with van der Waals surface area (Å²) >= 11 is 4.76. The number of hydrogen-bond donors (Lipinski definition) is 1. The van der Waals surface area contributed by atoms with E-state index in [1.165, 1.54) is 11.8 Å². The maximum atomic E-state index is 12.3. The highest BCUT2D eigenvalue weighted by molar-refractivity contribution is 9.10. The quantitative estimate of drug-likeness (QED) is 0.466. The molecule has 4 aromatic rings. The fraction of sp³-hybridized carbons (Fsp3) is 0.158. The summed E-state index contributed by atoms with van der Waals surface area (Å²) < 4.78 is 2.94. The third-order valence-corrected chi connectivity index (χ3v) is 5.48. The number of rotatable bonds is 5. The van der Waals surface area contributed by atoms with Crippen LogP contribution in [0.25, 0.3) is 16.7 Å². The molecule has 2 aromatic carbocycles. The number of nitrogens with one attached hydrogen (secondary N) is 1. The molecular weight excluding hydrogens is 426 g/mol. The van der Waals surface area contributed by atoms with Crippen LogP contribution in [-0.2, 0) is 11.2 Å².